The number of hydrogen-bond donors (Lipinski definition) is 1. The lowest BCUT2D eigenvalue weighted by molar-refractivity contribution is 0.523. The molecule has 110 valence electrons. The van der Waals surface area contributed by atoms with E-state index in [-0.39, 0.29) is 0 Å². The van der Waals surface area contributed by atoms with Crippen molar-refractivity contribution >= 4 is 39.0 Å². The molecule has 0 fully saturated rings. The quantitative estimate of drug-likeness (QED) is 0.526. The molecule has 2 aromatic rings. The van der Waals surface area contributed by atoms with Crippen LogP contribution in [0.15, 0.2) is 11.4 Å². The number of fused-ring (bicyclic) bond motifs is 1. The maximum atomic E-state index is 5.94. The summed E-state index contributed by atoms with van der Waals surface area (Å²) in [5, 5.41) is 6.79. The molecule has 0 aromatic carbocycles. The largest absolute Gasteiger partial charge is 0.369 e. The molecule has 0 aliphatic heterocycles. The van der Waals surface area contributed by atoms with Gasteiger partial charge in [0, 0.05) is 6.54 Å². The maximum Gasteiger partial charge on any atom is 0.225 e. The molecule has 5 heteroatoms. The number of unbranched alkanes of at least 4 members (excludes halogenated alkanes) is 3. The number of thiophene rings is 1. The zero-order valence-electron chi connectivity index (χ0n) is 12.2. The van der Waals surface area contributed by atoms with E-state index in [0.29, 0.717) is 5.28 Å². The molecule has 0 amide bonds. The molecule has 2 heterocycles. The highest BCUT2D eigenvalue weighted by Crippen LogP contribution is 2.26. The molecule has 20 heavy (non-hydrogen) atoms. The summed E-state index contributed by atoms with van der Waals surface area (Å²) in [4.78, 5) is 9.44. The van der Waals surface area contributed by atoms with E-state index in [1.54, 1.807) is 11.3 Å². The van der Waals surface area contributed by atoms with Crippen molar-refractivity contribution in [3.8, 4) is 0 Å². The van der Waals surface area contributed by atoms with Crippen LogP contribution >= 0.6 is 22.9 Å². The Kier molecular flexibility index (Phi) is 6.05. The second-order valence-corrected chi connectivity index (χ2v) is 6.74. The Hall–Kier alpha value is -0.870. The molecule has 2 rings (SSSR count). The number of nitrogens with zero attached hydrogens (tertiary/aromatic N) is 2. The first kappa shape index (κ1) is 15.5. The van der Waals surface area contributed by atoms with Gasteiger partial charge in [-0.15, -0.1) is 11.3 Å². The molecular weight excluding hydrogens is 290 g/mol. The zero-order chi connectivity index (χ0) is 14.4. The third kappa shape index (κ3) is 4.60. The zero-order valence-corrected chi connectivity index (χ0v) is 13.7. The van der Waals surface area contributed by atoms with E-state index in [0.717, 1.165) is 28.5 Å². The van der Waals surface area contributed by atoms with Gasteiger partial charge in [0.15, 0.2) is 0 Å². The van der Waals surface area contributed by atoms with E-state index in [2.05, 4.69) is 29.1 Å². The number of halogens is 1. The molecule has 0 spiro atoms. The Labute approximate surface area is 129 Å². The number of aromatic nitrogens is 2. The van der Waals surface area contributed by atoms with Gasteiger partial charge in [-0.25, -0.2) is 9.97 Å². The van der Waals surface area contributed by atoms with Crippen LogP contribution < -0.4 is 5.32 Å². The average Bonchev–Trinajstić information content (AvgIpc) is 2.85. The molecule has 0 aliphatic carbocycles. The van der Waals surface area contributed by atoms with Gasteiger partial charge in [0.05, 0.1) is 5.39 Å². The van der Waals surface area contributed by atoms with Crippen LogP contribution in [0.5, 0.6) is 0 Å². The van der Waals surface area contributed by atoms with Gasteiger partial charge in [-0.2, -0.15) is 0 Å². The Morgan fingerprint density at radius 1 is 1.20 bits per heavy atom. The van der Waals surface area contributed by atoms with Crippen LogP contribution in [0.4, 0.5) is 5.82 Å². The molecular formula is C15H22ClN3S. The van der Waals surface area contributed by atoms with Gasteiger partial charge in [0.25, 0.3) is 0 Å². The molecule has 0 saturated heterocycles. The number of rotatable bonds is 8. The first-order chi connectivity index (χ1) is 9.66. The topological polar surface area (TPSA) is 37.8 Å². The van der Waals surface area contributed by atoms with Crippen molar-refractivity contribution in [1.29, 1.82) is 0 Å². The van der Waals surface area contributed by atoms with Crippen molar-refractivity contribution in [2.24, 2.45) is 5.92 Å². The normalized spacial score (nSPS) is 11.4. The molecule has 0 aliphatic rings. The SMILES string of the molecule is CC(C)CCCCCCNc1nc(Cl)nc2sccc12. The van der Waals surface area contributed by atoms with Crippen molar-refractivity contribution in [2.45, 2.75) is 46.0 Å². The summed E-state index contributed by atoms with van der Waals surface area (Å²) in [7, 11) is 0. The van der Waals surface area contributed by atoms with E-state index in [9.17, 15) is 0 Å². The van der Waals surface area contributed by atoms with Crippen molar-refractivity contribution in [2.75, 3.05) is 11.9 Å². The monoisotopic (exact) mass is 311 g/mol. The van der Waals surface area contributed by atoms with Crippen LogP contribution in [-0.4, -0.2) is 16.5 Å². The summed E-state index contributed by atoms with van der Waals surface area (Å²) in [6, 6.07) is 2.04. The fraction of sp³-hybridized carbons (Fsp3) is 0.600. The van der Waals surface area contributed by atoms with Gasteiger partial charge < -0.3 is 5.32 Å². The second-order valence-electron chi connectivity index (χ2n) is 5.50. The fourth-order valence-corrected chi connectivity index (χ4v) is 3.19. The van der Waals surface area contributed by atoms with E-state index in [4.69, 9.17) is 11.6 Å². The Morgan fingerprint density at radius 3 is 2.80 bits per heavy atom. The predicted molar refractivity (Wildman–Crippen MR) is 88.8 cm³/mol. The van der Waals surface area contributed by atoms with Crippen LogP contribution in [-0.2, 0) is 0 Å². The van der Waals surface area contributed by atoms with Crippen LogP contribution in [0.1, 0.15) is 46.0 Å². The first-order valence-electron chi connectivity index (χ1n) is 7.31. The highest BCUT2D eigenvalue weighted by molar-refractivity contribution is 7.16. The lowest BCUT2D eigenvalue weighted by Gasteiger charge is -2.07. The molecule has 0 unspecified atom stereocenters. The summed E-state index contributed by atoms with van der Waals surface area (Å²) in [5.41, 5.74) is 0. The average molecular weight is 312 g/mol. The summed E-state index contributed by atoms with van der Waals surface area (Å²) >= 11 is 7.53. The number of nitrogens with one attached hydrogen (secondary N) is 1. The van der Waals surface area contributed by atoms with Crippen molar-refractivity contribution in [1.82, 2.24) is 9.97 Å². The number of hydrogen-bond acceptors (Lipinski definition) is 4. The minimum Gasteiger partial charge on any atom is -0.369 e. The molecule has 3 nitrogen and oxygen atoms in total. The smallest absolute Gasteiger partial charge is 0.225 e. The Morgan fingerprint density at radius 2 is 2.00 bits per heavy atom. The summed E-state index contributed by atoms with van der Waals surface area (Å²) in [6.45, 7) is 5.51. The molecule has 0 bridgehead atoms. The minimum atomic E-state index is 0.319. The van der Waals surface area contributed by atoms with Gasteiger partial charge in [0.2, 0.25) is 5.28 Å². The lowest BCUT2D eigenvalue weighted by Crippen LogP contribution is -2.04. The van der Waals surface area contributed by atoms with Crippen molar-refractivity contribution < 1.29 is 0 Å². The molecule has 2 aromatic heterocycles. The third-order valence-corrected chi connectivity index (χ3v) is 4.27. The van der Waals surface area contributed by atoms with E-state index < -0.39 is 0 Å². The predicted octanol–water partition coefficient (Wildman–Crippen LogP) is 5.36. The van der Waals surface area contributed by atoms with Crippen LogP contribution in [0.2, 0.25) is 5.28 Å². The van der Waals surface area contributed by atoms with Gasteiger partial charge >= 0.3 is 0 Å². The van der Waals surface area contributed by atoms with Crippen LogP contribution in [0.25, 0.3) is 10.2 Å². The Bertz CT molecular complexity index is 539. The highest BCUT2D eigenvalue weighted by atomic mass is 35.5. The lowest BCUT2D eigenvalue weighted by atomic mass is 10.0. The molecule has 0 atom stereocenters. The summed E-state index contributed by atoms with van der Waals surface area (Å²) in [6.07, 6.45) is 6.44. The highest BCUT2D eigenvalue weighted by Gasteiger charge is 2.06. The summed E-state index contributed by atoms with van der Waals surface area (Å²) in [5.74, 6) is 1.69. The van der Waals surface area contributed by atoms with E-state index in [1.807, 2.05) is 11.4 Å². The van der Waals surface area contributed by atoms with E-state index >= 15 is 0 Å². The van der Waals surface area contributed by atoms with Crippen molar-refractivity contribution in [3.63, 3.8) is 0 Å². The first-order valence-corrected chi connectivity index (χ1v) is 8.57. The standard InChI is InChI=1S/C15H22ClN3S/c1-11(2)7-5-3-4-6-9-17-13-12-8-10-20-14(12)19-15(16)18-13/h8,10-11H,3-7,9H2,1-2H3,(H,17,18,19). The van der Waals surface area contributed by atoms with Gasteiger partial charge in [-0.1, -0.05) is 39.5 Å². The maximum absolute atomic E-state index is 5.94. The summed E-state index contributed by atoms with van der Waals surface area (Å²) < 4.78 is 0. The minimum absolute atomic E-state index is 0.319. The van der Waals surface area contributed by atoms with Crippen molar-refractivity contribution in [3.05, 3.63) is 16.7 Å². The number of anilines is 1. The fourth-order valence-electron chi connectivity index (χ4n) is 2.20. The van der Waals surface area contributed by atoms with Gasteiger partial charge in [-0.05, 0) is 35.4 Å². The third-order valence-electron chi connectivity index (χ3n) is 3.30. The van der Waals surface area contributed by atoms with Gasteiger partial charge in [-0.3, -0.25) is 0 Å². The molecule has 0 saturated carbocycles. The molecule has 1 N–H and O–H groups in total. The van der Waals surface area contributed by atoms with Crippen LogP contribution in [0.3, 0.4) is 0 Å². The second kappa shape index (κ2) is 7.79. The van der Waals surface area contributed by atoms with E-state index in [1.165, 1.54) is 32.1 Å². The van der Waals surface area contributed by atoms with Crippen LogP contribution in [0, 0.1) is 5.92 Å². The molecule has 0 radical (unpaired) electrons. The Balaban J connectivity index is 1.74. The van der Waals surface area contributed by atoms with Gasteiger partial charge in [0.1, 0.15) is 10.6 Å².